The number of hydrogen-bond donors (Lipinski definition) is 0. The third-order valence-corrected chi connectivity index (χ3v) is 5.56. The molecule has 1 unspecified atom stereocenters. The normalized spacial score (nSPS) is 21.8. The number of nitrogens with zero attached hydrogens (tertiary/aromatic N) is 6. The van der Waals surface area contributed by atoms with Gasteiger partial charge in [0.25, 0.3) is 0 Å². The van der Waals surface area contributed by atoms with Crippen molar-refractivity contribution in [2.24, 2.45) is 7.05 Å². The predicted molar refractivity (Wildman–Crippen MR) is 99.0 cm³/mol. The molecule has 0 spiro atoms. The van der Waals surface area contributed by atoms with E-state index in [2.05, 4.69) is 26.7 Å². The Hall–Kier alpha value is -1.67. The summed E-state index contributed by atoms with van der Waals surface area (Å²) in [6.07, 6.45) is 2.08. The van der Waals surface area contributed by atoms with Gasteiger partial charge in [-0.1, -0.05) is 0 Å². The van der Waals surface area contributed by atoms with Crippen LogP contribution in [-0.4, -0.2) is 88.0 Å². The number of hydrogen-bond acceptors (Lipinski definition) is 5. The second kappa shape index (κ2) is 8.81. The fourth-order valence-corrected chi connectivity index (χ4v) is 3.88. The smallest absolute Gasteiger partial charge is 0.320 e. The molecule has 146 valence electrons. The van der Waals surface area contributed by atoms with E-state index in [9.17, 15) is 4.79 Å². The summed E-state index contributed by atoms with van der Waals surface area (Å²) in [5.41, 5.74) is 0. The van der Waals surface area contributed by atoms with Crippen LogP contribution >= 0.6 is 0 Å². The van der Waals surface area contributed by atoms with Crippen LogP contribution < -0.4 is 0 Å². The highest BCUT2D eigenvalue weighted by atomic mass is 16.5. The molecule has 1 atom stereocenters. The van der Waals surface area contributed by atoms with Gasteiger partial charge in [-0.3, -0.25) is 4.90 Å². The van der Waals surface area contributed by atoms with E-state index in [1.807, 2.05) is 23.6 Å². The Morgan fingerprint density at radius 3 is 2.62 bits per heavy atom. The molecule has 1 aromatic heterocycles. The lowest BCUT2D eigenvalue weighted by molar-refractivity contribution is 0.0326. The van der Waals surface area contributed by atoms with E-state index in [1.54, 1.807) is 0 Å². The molecule has 0 N–H and O–H groups in total. The highest BCUT2D eigenvalue weighted by Crippen LogP contribution is 2.26. The second-order valence-electron chi connectivity index (χ2n) is 7.16. The van der Waals surface area contributed by atoms with Gasteiger partial charge in [-0.2, -0.15) is 0 Å². The lowest BCUT2D eigenvalue weighted by Crippen LogP contribution is -2.47. The summed E-state index contributed by atoms with van der Waals surface area (Å²) >= 11 is 0. The van der Waals surface area contributed by atoms with Crippen LogP contribution in [0.15, 0.2) is 0 Å². The van der Waals surface area contributed by atoms with Crippen molar-refractivity contribution in [1.82, 2.24) is 29.5 Å². The molecular weight excluding hydrogens is 332 g/mol. The first kappa shape index (κ1) is 19.1. The molecule has 2 fully saturated rings. The van der Waals surface area contributed by atoms with E-state index in [4.69, 9.17) is 4.74 Å². The van der Waals surface area contributed by atoms with Gasteiger partial charge < -0.3 is 19.1 Å². The molecule has 0 saturated carbocycles. The maximum absolute atomic E-state index is 12.7. The quantitative estimate of drug-likeness (QED) is 0.788. The number of ether oxygens (including phenoxy) is 1. The minimum atomic E-state index is 0.149. The summed E-state index contributed by atoms with van der Waals surface area (Å²) in [5, 5.41) is 8.93. The lowest BCUT2D eigenvalue weighted by Gasteiger charge is -2.35. The molecule has 2 saturated heterocycles. The summed E-state index contributed by atoms with van der Waals surface area (Å²) in [4.78, 5) is 18.9. The molecule has 3 rings (SSSR count). The van der Waals surface area contributed by atoms with E-state index in [0.717, 1.165) is 83.5 Å². The van der Waals surface area contributed by atoms with E-state index in [1.165, 1.54) is 0 Å². The van der Waals surface area contributed by atoms with Crippen molar-refractivity contribution in [3.8, 4) is 0 Å². The number of piperidine rings is 1. The average Bonchev–Trinajstić information content (AvgIpc) is 3.04. The molecule has 1 aromatic rings. The summed E-state index contributed by atoms with van der Waals surface area (Å²) in [6.45, 7) is 11.4. The van der Waals surface area contributed by atoms with Gasteiger partial charge in [0.1, 0.15) is 11.6 Å². The van der Waals surface area contributed by atoms with Crippen LogP contribution in [0.1, 0.15) is 44.3 Å². The van der Waals surface area contributed by atoms with E-state index in [-0.39, 0.29) is 11.9 Å². The van der Waals surface area contributed by atoms with Crippen molar-refractivity contribution in [2.45, 2.75) is 39.2 Å². The van der Waals surface area contributed by atoms with E-state index >= 15 is 0 Å². The van der Waals surface area contributed by atoms with Crippen LogP contribution in [0.2, 0.25) is 0 Å². The predicted octanol–water partition coefficient (Wildman–Crippen LogP) is 1.29. The first-order valence-corrected chi connectivity index (χ1v) is 9.86. The molecule has 2 amide bonds. The fourth-order valence-electron chi connectivity index (χ4n) is 3.88. The standard InChI is InChI=1S/C18H32N6O2/c1-4-23(5-2)18(25)24-8-6-7-15(13-24)17-20-19-16(21(17)3)14-22-9-11-26-12-10-22/h15H,4-14H2,1-3H3. The van der Waals surface area contributed by atoms with Gasteiger partial charge in [0.15, 0.2) is 0 Å². The summed E-state index contributed by atoms with van der Waals surface area (Å²) in [7, 11) is 2.05. The van der Waals surface area contributed by atoms with Gasteiger partial charge in [0, 0.05) is 52.2 Å². The minimum Gasteiger partial charge on any atom is -0.379 e. The number of morpholine rings is 1. The monoisotopic (exact) mass is 364 g/mol. The maximum Gasteiger partial charge on any atom is 0.320 e. The molecule has 0 aromatic carbocycles. The fraction of sp³-hybridized carbons (Fsp3) is 0.833. The third-order valence-electron chi connectivity index (χ3n) is 5.56. The molecule has 0 bridgehead atoms. The van der Waals surface area contributed by atoms with Crippen molar-refractivity contribution >= 4 is 6.03 Å². The van der Waals surface area contributed by atoms with E-state index < -0.39 is 0 Å². The lowest BCUT2D eigenvalue weighted by atomic mass is 9.97. The van der Waals surface area contributed by atoms with Gasteiger partial charge in [0.2, 0.25) is 0 Å². The van der Waals surface area contributed by atoms with Crippen LogP contribution in [0.25, 0.3) is 0 Å². The number of amides is 2. The second-order valence-corrected chi connectivity index (χ2v) is 7.16. The first-order chi connectivity index (χ1) is 12.6. The van der Waals surface area contributed by atoms with E-state index in [0.29, 0.717) is 0 Å². The van der Waals surface area contributed by atoms with Crippen molar-refractivity contribution in [3.63, 3.8) is 0 Å². The number of carbonyl (C=O) groups excluding carboxylic acids is 1. The first-order valence-electron chi connectivity index (χ1n) is 9.86. The molecule has 2 aliphatic heterocycles. The Morgan fingerprint density at radius 2 is 1.92 bits per heavy atom. The number of aromatic nitrogens is 3. The van der Waals surface area contributed by atoms with Crippen molar-refractivity contribution < 1.29 is 9.53 Å². The molecule has 2 aliphatic rings. The highest BCUT2D eigenvalue weighted by Gasteiger charge is 2.30. The van der Waals surface area contributed by atoms with Crippen LogP contribution in [0.3, 0.4) is 0 Å². The summed E-state index contributed by atoms with van der Waals surface area (Å²) in [5.74, 6) is 2.26. The summed E-state index contributed by atoms with van der Waals surface area (Å²) < 4.78 is 7.54. The molecular formula is C18H32N6O2. The van der Waals surface area contributed by atoms with Crippen molar-refractivity contribution in [1.29, 1.82) is 0 Å². The van der Waals surface area contributed by atoms with Gasteiger partial charge in [-0.15, -0.1) is 10.2 Å². The van der Waals surface area contributed by atoms with Gasteiger partial charge in [-0.25, -0.2) is 4.79 Å². The van der Waals surface area contributed by atoms with Crippen LogP contribution in [0.4, 0.5) is 4.79 Å². The Balaban J connectivity index is 1.65. The zero-order valence-corrected chi connectivity index (χ0v) is 16.4. The van der Waals surface area contributed by atoms with Gasteiger partial charge in [-0.05, 0) is 26.7 Å². The average molecular weight is 364 g/mol. The maximum atomic E-state index is 12.7. The zero-order chi connectivity index (χ0) is 18.5. The SMILES string of the molecule is CCN(CC)C(=O)N1CCCC(c2nnc(CN3CCOCC3)n2C)C1. The highest BCUT2D eigenvalue weighted by molar-refractivity contribution is 5.74. The number of carbonyl (C=O) groups is 1. The molecule has 8 nitrogen and oxygen atoms in total. The van der Waals surface area contributed by atoms with Crippen LogP contribution in [0.5, 0.6) is 0 Å². The van der Waals surface area contributed by atoms with Crippen molar-refractivity contribution in [2.75, 3.05) is 52.5 Å². The topological polar surface area (TPSA) is 66.7 Å². The summed E-state index contributed by atoms with van der Waals surface area (Å²) in [6, 6.07) is 0.149. The number of likely N-dealkylation sites (tertiary alicyclic amines) is 1. The Kier molecular flexibility index (Phi) is 6.48. The van der Waals surface area contributed by atoms with Crippen molar-refractivity contribution in [3.05, 3.63) is 11.6 Å². The van der Waals surface area contributed by atoms with Crippen LogP contribution in [-0.2, 0) is 18.3 Å². The van der Waals surface area contributed by atoms with Gasteiger partial charge in [0.05, 0.1) is 19.8 Å². The zero-order valence-electron chi connectivity index (χ0n) is 16.4. The number of rotatable bonds is 5. The molecule has 26 heavy (non-hydrogen) atoms. The Bertz CT molecular complexity index is 595. The Labute approximate surface area is 156 Å². The minimum absolute atomic E-state index is 0.149. The number of urea groups is 1. The molecule has 0 aliphatic carbocycles. The largest absolute Gasteiger partial charge is 0.379 e. The Morgan fingerprint density at radius 1 is 1.19 bits per heavy atom. The van der Waals surface area contributed by atoms with Gasteiger partial charge >= 0.3 is 6.03 Å². The van der Waals surface area contributed by atoms with Crippen LogP contribution in [0, 0.1) is 0 Å². The molecule has 3 heterocycles. The molecule has 0 radical (unpaired) electrons. The third kappa shape index (κ3) is 4.17. The molecule has 8 heteroatoms.